The van der Waals surface area contributed by atoms with E-state index in [2.05, 4.69) is 15.5 Å². The highest BCUT2D eigenvalue weighted by atomic mass is 19.1. The molecule has 0 spiro atoms. The molecule has 3 aromatic carbocycles. The lowest BCUT2D eigenvalue weighted by atomic mass is 9.85. The summed E-state index contributed by atoms with van der Waals surface area (Å²) < 4.78 is 25.6. The maximum atomic E-state index is 14.1. The zero-order chi connectivity index (χ0) is 31.6. The number of anilines is 1. The van der Waals surface area contributed by atoms with Crippen LogP contribution in [0, 0.1) is 11.7 Å². The highest BCUT2D eigenvalue weighted by molar-refractivity contribution is 5.97. The molecule has 2 N–H and O–H groups in total. The van der Waals surface area contributed by atoms with Crippen molar-refractivity contribution in [3.63, 3.8) is 0 Å². The van der Waals surface area contributed by atoms with Crippen LogP contribution >= 0.6 is 0 Å². The van der Waals surface area contributed by atoms with Gasteiger partial charge in [-0.25, -0.2) is 4.39 Å². The molecular weight excluding hydrogens is 569 g/mol. The number of fused-ring (bicyclic) bond motifs is 1. The second kappa shape index (κ2) is 15.9. The number of nitrogens with zero attached hydrogens (tertiary/aromatic N) is 1. The summed E-state index contributed by atoms with van der Waals surface area (Å²) in [5.41, 5.74) is 3.44. The van der Waals surface area contributed by atoms with E-state index in [1.165, 1.54) is 38.2 Å². The monoisotopic (exact) mass is 615 g/mol. The topological polar surface area (TPSA) is 79.9 Å². The van der Waals surface area contributed by atoms with Gasteiger partial charge in [0.1, 0.15) is 17.6 Å². The van der Waals surface area contributed by atoms with E-state index >= 15 is 0 Å². The summed E-state index contributed by atoms with van der Waals surface area (Å²) in [4.78, 5) is 29.7. The lowest BCUT2D eigenvalue weighted by Gasteiger charge is -2.32. The molecule has 1 heterocycles. The van der Waals surface area contributed by atoms with E-state index in [4.69, 9.17) is 9.47 Å². The second-order valence-electron chi connectivity index (χ2n) is 12.4. The summed E-state index contributed by atoms with van der Waals surface area (Å²) in [7, 11) is 1.56. The summed E-state index contributed by atoms with van der Waals surface area (Å²) in [5, 5.41) is 6.31. The molecule has 240 valence electrons. The predicted octanol–water partition coefficient (Wildman–Crippen LogP) is 6.45. The van der Waals surface area contributed by atoms with E-state index in [9.17, 15) is 14.0 Å². The van der Waals surface area contributed by atoms with E-state index in [0.29, 0.717) is 36.8 Å². The minimum Gasteiger partial charge on any atom is -0.497 e. The molecule has 3 atom stereocenters. The van der Waals surface area contributed by atoms with Gasteiger partial charge in [0.2, 0.25) is 5.91 Å². The van der Waals surface area contributed by atoms with Crippen LogP contribution in [0.2, 0.25) is 0 Å². The Balaban J connectivity index is 1.33. The zero-order valence-corrected chi connectivity index (χ0v) is 26.5. The first-order valence-electron chi connectivity index (χ1n) is 16.3. The van der Waals surface area contributed by atoms with Gasteiger partial charge in [0.15, 0.2) is 0 Å². The Hall–Kier alpha value is -3.91. The van der Waals surface area contributed by atoms with Gasteiger partial charge in [-0.3, -0.25) is 9.59 Å². The third-order valence-electron chi connectivity index (χ3n) is 9.24. The quantitative estimate of drug-likeness (QED) is 0.218. The van der Waals surface area contributed by atoms with E-state index in [1.54, 1.807) is 37.4 Å². The second-order valence-corrected chi connectivity index (χ2v) is 12.4. The normalized spacial score (nSPS) is 16.8. The lowest BCUT2D eigenvalue weighted by molar-refractivity contribution is -0.125. The highest BCUT2D eigenvalue weighted by Gasteiger charge is 2.31. The number of carbonyl (C=O) groups excluding carboxylic acids is 2. The number of methoxy groups -OCH3 is 1. The molecule has 3 unspecified atom stereocenters. The molecule has 45 heavy (non-hydrogen) atoms. The van der Waals surface area contributed by atoms with Crippen LogP contribution in [0.4, 0.5) is 10.1 Å². The summed E-state index contributed by atoms with van der Waals surface area (Å²) >= 11 is 0. The van der Waals surface area contributed by atoms with Crippen LogP contribution in [-0.4, -0.2) is 50.2 Å². The van der Waals surface area contributed by atoms with E-state index in [0.717, 1.165) is 36.2 Å². The molecule has 8 heteroatoms. The van der Waals surface area contributed by atoms with Crippen molar-refractivity contribution in [2.24, 2.45) is 5.92 Å². The first kappa shape index (κ1) is 32.5. The van der Waals surface area contributed by atoms with Crippen molar-refractivity contribution in [2.75, 3.05) is 25.1 Å². The largest absolute Gasteiger partial charge is 0.497 e. The summed E-state index contributed by atoms with van der Waals surface area (Å²) in [6, 6.07) is 20.7. The van der Waals surface area contributed by atoms with Crippen LogP contribution in [0.5, 0.6) is 5.75 Å². The van der Waals surface area contributed by atoms with Gasteiger partial charge >= 0.3 is 0 Å². The Morgan fingerprint density at radius 1 is 0.978 bits per heavy atom. The fraction of sp³-hybridized carbons (Fsp3) is 0.459. The summed E-state index contributed by atoms with van der Waals surface area (Å²) in [6.45, 7) is 3.61. The molecule has 1 aliphatic carbocycles. The van der Waals surface area contributed by atoms with Gasteiger partial charge < -0.3 is 25.0 Å². The molecule has 7 nitrogen and oxygen atoms in total. The maximum Gasteiger partial charge on any atom is 0.252 e. The van der Waals surface area contributed by atoms with Crippen molar-refractivity contribution in [3.05, 3.63) is 95.3 Å². The average Bonchev–Trinajstić information content (AvgIpc) is 3.47. The Kier molecular flexibility index (Phi) is 11.5. The standard InChI is InChI=1S/C37H46FN3O4/c1-26(45-25-28-12-7-4-8-13-28)34(24-41-21-20-29-22-31(38)17-19-35(29)41)40-37(43)33(18-16-27-10-5-3-6-11-27)39-36(42)30-14-9-15-32(23-30)44-2/h4,7-9,12-15,17,19,22-23,26-27,33-34H,3,5-6,10-11,16,18,20-21,24-25H2,1-2H3,(H,39,42)(H,40,43). The Morgan fingerprint density at radius 2 is 1.78 bits per heavy atom. The number of benzene rings is 3. The number of carbonyl (C=O) groups is 2. The number of hydrogen-bond donors (Lipinski definition) is 2. The van der Waals surface area contributed by atoms with E-state index < -0.39 is 6.04 Å². The summed E-state index contributed by atoms with van der Waals surface area (Å²) in [6.07, 6.45) is 7.90. The molecule has 0 aromatic heterocycles. The maximum absolute atomic E-state index is 14.1. The van der Waals surface area contributed by atoms with Crippen LogP contribution in [0.3, 0.4) is 0 Å². The molecular formula is C37H46FN3O4. The smallest absolute Gasteiger partial charge is 0.252 e. The van der Waals surface area contributed by atoms with Crippen molar-refractivity contribution < 1.29 is 23.5 Å². The van der Waals surface area contributed by atoms with Crippen LogP contribution in [0.1, 0.15) is 73.4 Å². The molecule has 5 rings (SSSR count). The number of rotatable bonds is 14. The van der Waals surface area contributed by atoms with E-state index in [-0.39, 0.29) is 29.8 Å². The van der Waals surface area contributed by atoms with Crippen molar-refractivity contribution >= 4 is 17.5 Å². The molecule has 2 amide bonds. The molecule has 2 aliphatic rings. The van der Waals surface area contributed by atoms with Gasteiger partial charge in [0, 0.05) is 24.3 Å². The van der Waals surface area contributed by atoms with Crippen molar-refractivity contribution in [2.45, 2.75) is 83.1 Å². The molecule has 1 saturated carbocycles. The molecule has 0 saturated heterocycles. The fourth-order valence-electron chi connectivity index (χ4n) is 6.53. The average molecular weight is 616 g/mol. The number of amides is 2. The number of hydrogen-bond acceptors (Lipinski definition) is 5. The third-order valence-corrected chi connectivity index (χ3v) is 9.24. The zero-order valence-electron chi connectivity index (χ0n) is 26.5. The Labute approximate surface area is 266 Å². The van der Waals surface area contributed by atoms with Crippen molar-refractivity contribution in [3.8, 4) is 5.75 Å². The van der Waals surface area contributed by atoms with E-state index in [1.807, 2.05) is 43.3 Å². The molecule has 3 aromatic rings. The number of nitrogens with one attached hydrogen (secondary N) is 2. The molecule has 1 aliphatic heterocycles. The van der Waals surface area contributed by atoms with Crippen molar-refractivity contribution in [1.29, 1.82) is 0 Å². The Bertz CT molecular complexity index is 1410. The first-order chi connectivity index (χ1) is 21.9. The van der Waals surface area contributed by atoms with Crippen molar-refractivity contribution in [1.82, 2.24) is 10.6 Å². The summed E-state index contributed by atoms with van der Waals surface area (Å²) in [5.74, 6) is 0.376. The fourth-order valence-corrected chi connectivity index (χ4v) is 6.53. The highest BCUT2D eigenvalue weighted by Crippen LogP contribution is 2.30. The van der Waals surface area contributed by atoms with Gasteiger partial charge in [-0.05, 0) is 79.6 Å². The van der Waals surface area contributed by atoms with Crippen LogP contribution in [0.25, 0.3) is 0 Å². The van der Waals surface area contributed by atoms with Crippen LogP contribution in [0.15, 0.2) is 72.8 Å². The van der Waals surface area contributed by atoms with Crippen LogP contribution < -0.4 is 20.3 Å². The van der Waals surface area contributed by atoms with Gasteiger partial charge in [-0.1, -0.05) is 68.5 Å². The Morgan fingerprint density at radius 3 is 2.56 bits per heavy atom. The van der Waals surface area contributed by atoms with Gasteiger partial charge in [0.25, 0.3) is 5.91 Å². The van der Waals surface area contributed by atoms with Gasteiger partial charge in [0.05, 0.1) is 25.9 Å². The van der Waals surface area contributed by atoms with Gasteiger partial charge in [-0.2, -0.15) is 0 Å². The first-order valence-corrected chi connectivity index (χ1v) is 16.3. The minimum atomic E-state index is -0.700. The minimum absolute atomic E-state index is 0.222. The number of halogens is 1. The molecule has 1 fully saturated rings. The molecule has 0 radical (unpaired) electrons. The lowest BCUT2D eigenvalue weighted by Crippen LogP contribution is -2.55. The van der Waals surface area contributed by atoms with Crippen LogP contribution in [-0.2, 0) is 22.6 Å². The third kappa shape index (κ3) is 9.07. The predicted molar refractivity (Wildman–Crippen MR) is 175 cm³/mol. The molecule has 0 bridgehead atoms. The van der Waals surface area contributed by atoms with Gasteiger partial charge in [-0.15, -0.1) is 0 Å². The number of ether oxygens (including phenoxy) is 2. The SMILES string of the molecule is COc1cccc(C(=O)NC(CCC2CCCCC2)C(=O)NC(CN2CCc3cc(F)ccc32)C(C)OCc2ccccc2)c1.